The summed E-state index contributed by atoms with van der Waals surface area (Å²) in [6.45, 7) is 5.10. The highest BCUT2D eigenvalue weighted by Gasteiger charge is 2.27. The van der Waals surface area contributed by atoms with Gasteiger partial charge in [0.05, 0.1) is 12.9 Å². The van der Waals surface area contributed by atoms with E-state index in [1.807, 2.05) is 24.5 Å². The summed E-state index contributed by atoms with van der Waals surface area (Å²) in [6, 6.07) is 8.14. The van der Waals surface area contributed by atoms with Gasteiger partial charge >= 0.3 is 0 Å². The lowest BCUT2D eigenvalue weighted by Gasteiger charge is -2.30. The van der Waals surface area contributed by atoms with Crippen LogP contribution < -0.4 is 10.1 Å². The molecule has 3 nitrogen and oxygen atoms in total. The molecule has 0 saturated heterocycles. The van der Waals surface area contributed by atoms with E-state index in [1.54, 1.807) is 18.9 Å². The maximum Gasteiger partial charge on any atom is 0.229 e. The first kappa shape index (κ1) is 16.9. The minimum atomic E-state index is 0.0131. The van der Waals surface area contributed by atoms with Gasteiger partial charge in [0.25, 0.3) is 0 Å². The normalized spacial score (nSPS) is 13.6. The largest absolute Gasteiger partial charge is 0.496 e. The van der Waals surface area contributed by atoms with E-state index in [1.165, 1.54) is 5.56 Å². The number of para-hydroxylation sites is 1. The molecule has 0 saturated carbocycles. The number of benzene rings is 1. The first-order chi connectivity index (χ1) is 9.57. The number of hydrogen-bond donors (Lipinski definition) is 1. The first-order valence-corrected chi connectivity index (χ1v) is 8.36. The molecule has 1 amide bonds. The summed E-state index contributed by atoms with van der Waals surface area (Å²) < 4.78 is 5.47. The van der Waals surface area contributed by atoms with Crippen molar-refractivity contribution < 1.29 is 9.53 Å². The van der Waals surface area contributed by atoms with Crippen LogP contribution >= 0.6 is 11.8 Å². The van der Waals surface area contributed by atoms with Crippen molar-refractivity contribution in [2.75, 3.05) is 25.7 Å². The lowest BCUT2D eigenvalue weighted by molar-refractivity contribution is -0.118. The van der Waals surface area contributed by atoms with Crippen LogP contribution in [0.2, 0.25) is 0 Å². The van der Waals surface area contributed by atoms with E-state index in [-0.39, 0.29) is 11.3 Å². The third-order valence-electron chi connectivity index (χ3n) is 3.81. The van der Waals surface area contributed by atoms with Crippen LogP contribution in [-0.2, 0) is 10.2 Å². The Balaban J connectivity index is 2.73. The molecule has 0 fully saturated rings. The van der Waals surface area contributed by atoms with Crippen LogP contribution in [0.5, 0.6) is 5.75 Å². The summed E-state index contributed by atoms with van der Waals surface area (Å²) in [5, 5.41) is 2.98. The number of methoxy groups -OCH3 is 1. The monoisotopic (exact) mass is 295 g/mol. The van der Waals surface area contributed by atoms with Gasteiger partial charge in [-0.05, 0) is 30.6 Å². The Morgan fingerprint density at radius 3 is 2.70 bits per heavy atom. The van der Waals surface area contributed by atoms with Crippen molar-refractivity contribution in [3.05, 3.63) is 29.8 Å². The first-order valence-electron chi connectivity index (χ1n) is 6.96. The van der Waals surface area contributed by atoms with Crippen molar-refractivity contribution in [1.82, 2.24) is 5.32 Å². The summed E-state index contributed by atoms with van der Waals surface area (Å²) in [7, 11) is 1.70. The van der Waals surface area contributed by atoms with Crippen LogP contribution in [-0.4, -0.2) is 31.6 Å². The van der Waals surface area contributed by atoms with Crippen molar-refractivity contribution in [2.45, 2.75) is 32.1 Å². The van der Waals surface area contributed by atoms with E-state index < -0.39 is 0 Å². The van der Waals surface area contributed by atoms with Crippen LogP contribution in [0.1, 0.15) is 32.3 Å². The van der Waals surface area contributed by atoms with Crippen LogP contribution in [0.4, 0.5) is 0 Å². The van der Waals surface area contributed by atoms with Gasteiger partial charge < -0.3 is 10.1 Å². The smallest absolute Gasteiger partial charge is 0.229 e. The zero-order valence-electron chi connectivity index (χ0n) is 12.9. The highest BCUT2D eigenvalue weighted by molar-refractivity contribution is 7.99. The van der Waals surface area contributed by atoms with E-state index in [0.29, 0.717) is 12.3 Å². The Morgan fingerprint density at radius 2 is 2.10 bits per heavy atom. The number of carbonyl (C=O) groups is 1. The molecule has 0 radical (unpaired) electrons. The van der Waals surface area contributed by atoms with Crippen molar-refractivity contribution in [2.24, 2.45) is 0 Å². The van der Waals surface area contributed by atoms with E-state index in [4.69, 9.17) is 4.74 Å². The molecule has 112 valence electrons. The lowest BCUT2D eigenvalue weighted by Crippen LogP contribution is -2.32. The van der Waals surface area contributed by atoms with Crippen LogP contribution in [0, 0.1) is 0 Å². The van der Waals surface area contributed by atoms with Crippen molar-refractivity contribution in [3.63, 3.8) is 0 Å². The van der Waals surface area contributed by atoms with Crippen molar-refractivity contribution in [3.8, 4) is 5.75 Å². The van der Waals surface area contributed by atoms with Gasteiger partial charge in [-0.25, -0.2) is 0 Å². The second-order valence-electron chi connectivity index (χ2n) is 5.15. The van der Waals surface area contributed by atoms with Gasteiger partial charge in [-0.3, -0.25) is 4.79 Å². The fraction of sp³-hybridized carbons (Fsp3) is 0.562. The Morgan fingerprint density at radius 1 is 1.40 bits per heavy atom. The average molecular weight is 295 g/mol. The van der Waals surface area contributed by atoms with Crippen LogP contribution in [0.3, 0.4) is 0 Å². The molecule has 0 aliphatic rings. The zero-order valence-corrected chi connectivity index (χ0v) is 13.7. The third-order valence-corrected chi connectivity index (χ3v) is 4.36. The second kappa shape index (κ2) is 8.20. The molecule has 0 heterocycles. The number of thioether (sulfide) groups is 1. The molecule has 4 heteroatoms. The van der Waals surface area contributed by atoms with Gasteiger partial charge in [0.1, 0.15) is 5.75 Å². The number of ether oxygens (including phenoxy) is 1. The third kappa shape index (κ3) is 4.44. The van der Waals surface area contributed by atoms with E-state index in [0.717, 1.165) is 18.6 Å². The van der Waals surface area contributed by atoms with Gasteiger partial charge in [-0.2, -0.15) is 11.8 Å². The van der Waals surface area contributed by atoms with Gasteiger partial charge in [0.2, 0.25) is 5.91 Å². The predicted molar refractivity (Wildman–Crippen MR) is 86.6 cm³/mol. The van der Waals surface area contributed by atoms with E-state index >= 15 is 0 Å². The molecule has 20 heavy (non-hydrogen) atoms. The molecule has 0 aromatic heterocycles. The molecule has 1 atom stereocenters. The summed E-state index contributed by atoms with van der Waals surface area (Å²) in [4.78, 5) is 11.5. The molecule has 0 unspecified atom stereocenters. The van der Waals surface area contributed by atoms with E-state index in [2.05, 4.69) is 25.2 Å². The number of amides is 1. The minimum Gasteiger partial charge on any atom is -0.496 e. The highest BCUT2D eigenvalue weighted by Crippen LogP contribution is 2.36. The standard InChI is InChI=1S/C16H25NO2S/c1-5-16(2,10-11-17-15(18)12-20-4)13-8-6-7-9-14(13)19-3/h6-9H,5,10-12H2,1-4H3,(H,17,18)/t16-/m0/s1. The number of rotatable bonds is 8. The fourth-order valence-electron chi connectivity index (χ4n) is 2.31. The fourth-order valence-corrected chi connectivity index (χ4v) is 2.67. The molecule has 0 aliphatic heterocycles. The lowest BCUT2D eigenvalue weighted by atomic mass is 9.77. The zero-order chi connectivity index (χ0) is 15.0. The number of hydrogen-bond acceptors (Lipinski definition) is 3. The van der Waals surface area contributed by atoms with Crippen molar-refractivity contribution >= 4 is 17.7 Å². The number of nitrogens with one attached hydrogen (secondary N) is 1. The van der Waals surface area contributed by atoms with Gasteiger partial charge in [0, 0.05) is 12.1 Å². The van der Waals surface area contributed by atoms with Gasteiger partial charge in [-0.1, -0.05) is 32.0 Å². The molecule has 1 rings (SSSR count). The Labute approximate surface area is 126 Å². The molecule has 1 aromatic carbocycles. The van der Waals surface area contributed by atoms with Gasteiger partial charge in [-0.15, -0.1) is 0 Å². The molecule has 1 aromatic rings. The van der Waals surface area contributed by atoms with E-state index in [9.17, 15) is 4.79 Å². The molecule has 0 spiro atoms. The average Bonchev–Trinajstić information content (AvgIpc) is 2.47. The number of carbonyl (C=O) groups excluding carboxylic acids is 1. The SMILES string of the molecule is CC[C@@](C)(CCNC(=O)CSC)c1ccccc1OC. The van der Waals surface area contributed by atoms with Crippen LogP contribution in [0.15, 0.2) is 24.3 Å². The van der Waals surface area contributed by atoms with Crippen molar-refractivity contribution in [1.29, 1.82) is 0 Å². The Kier molecular flexibility index (Phi) is 6.93. The summed E-state index contributed by atoms with van der Waals surface area (Å²) in [5.41, 5.74) is 1.23. The predicted octanol–water partition coefficient (Wildman–Crippen LogP) is 3.23. The second-order valence-corrected chi connectivity index (χ2v) is 6.01. The molecular formula is C16H25NO2S. The molecule has 0 aliphatic carbocycles. The maximum atomic E-state index is 11.5. The Bertz CT molecular complexity index is 436. The van der Waals surface area contributed by atoms with Gasteiger partial charge in [0.15, 0.2) is 0 Å². The molecule has 0 bridgehead atoms. The Hall–Kier alpha value is -1.16. The summed E-state index contributed by atoms with van der Waals surface area (Å²) in [6.07, 6.45) is 3.85. The minimum absolute atomic E-state index is 0.0131. The molecular weight excluding hydrogens is 270 g/mol. The maximum absolute atomic E-state index is 11.5. The quantitative estimate of drug-likeness (QED) is 0.800. The van der Waals surface area contributed by atoms with Crippen LogP contribution in [0.25, 0.3) is 0 Å². The highest BCUT2D eigenvalue weighted by atomic mass is 32.2. The topological polar surface area (TPSA) is 38.3 Å². The summed E-state index contributed by atoms with van der Waals surface area (Å²) in [5.74, 6) is 1.56. The summed E-state index contributed by atoms with van der Waals surface area (Å²) >= 11 is 1.54. The molecule has 1 N–H and O–H groups in total.